The molecule has 1 heterocycles. The molecule has 0 atom stereocenters. The summed E-state index contributed by atoms with van der Waals surface area (Å²) < 4.78 is 6.33. The summed E-state index contributed by atoms with van der Waals surface area (Å²) >= 11 is 4.72. The maximum Gasteiger partial charge on any atom is 0.265 e. The van der Waals surface area contributed by atoms with Gasteiger partial charge in [0.25, 0.3) is 11.8 Å². The second-order valence-corrected chi connectivity index (χ2v) is 7.17. The first-order valence-corrected chi connectivity index (χ1v) is 9.40. The highest BCUT2D eigenvalue weighted by molar-refractivity contribution is 9.10. The minimum atomic E-state index is -0.285. The molecule has 26 heavy (non-hydrogen) atoms. The molecule has 7 heteroatoms. The van der Waals surface area contributed by atoms with Crippen molar-refractivity contribution < 1.29 is 14.3 Å². The van der Waals surface area contributed by atoms with Gasteiger partial charge in [-0.15, -0.1) is 11.3 Å². The normalized spacial score (nSPS) is 10.2. The SMILES string of the molecule is O=C(COc1cccc(Br)c1)Nc1cccc(NC(=O)c2cccs2)c1. The van der Waals surface area contributed by atoms with E-state index in [-0.39, 0.29) is 18.4 Å². The maximum atomic E-state index is 12.1. The standard InChI is InChI=1S/C19H15BrN2O3S/c20-13-4-1-7-16(10-13)25-12-18(23)21-14-5-2-6-15(11-14)22-19(24)17-8-3-9-26-17/h1-11H,12H2,(H,21,23)(H,22,24). The lowest BCUT2D eigenvalue weighted by Crippen LogP contribution is -2.20. The van der Waals surface area contributed by atoms with Crippen LogP contribution in [-0.2, 0) is 4.79 Å². The van der Waals surface area contributed by atoms with Gasteiger partial charge in [-0.25, -0.2) is 0 Å². The number of thiophene rings is 1. The molecular weight excluding hydrogens is 416 g/mol. The summed E-state index contributed by atoms with van der Waals surface area (Å²) in [5.74, 6) is 0.139. The molecule has 0 aliphatic carbocycles. The zero-order valence-corrected chi connectivity index (χ0v) is 16.0. The number of anilines is 2. The number of ether oxygens (including phenoxy) is 1. The average Bonchev–Trinajstić information content (AvgIpc) is 3.15. The van der Waals surface area contributed by atoms with Gasteiger partial charge in [-0.3, -0.25) is 9.59 Å². The lowest BCUT2D eigenvalue weighted by Gasteiger charge is -2.09. The van der Waals surface area contributed by atoms with Crippen LogP contribution in [0.15, 0.2) is 70.5 Å². The number of hydrogen-bond donors (Lipinski definition) is 2. The van der Waals surface area contributed by atoms with E-state index in [1.54, 1.807) is 42.5 Å². The summed E-state index contributed by atoms with van der Waals surface area (Å²) in [6.07, 6.45) is 0. The zero-order valence-electron chi connectivity index (χ0n) is 13.6. The fourth-order valence-corrected chi connectivity index (χ4v) is 3.18. The van der Waals surface area contributed by atoms with Crippen molar-refractivity contribution in [3.8, 4) is 5.75 Å². The lowest BCUT2D eigenvalue weighted by atomic mass is 10.2. The Morgan fingerprint density at radius 1 is 0.962 bits per heavy atom. The van der Waals surface area contributed by atoms with E-state index < -0.39 is 0 Å². The Balaban J connectivity index is 1.56. The van der Waals surface area contributed by atoms with Crippen molar-refractivity contribution in [1.29, 1.82) is 0 Å². The molecule has 0 bridgehead atoms. The Labute approximate surface area is 163 Å². The molecule has 0 saturated heterocycles. The van der Waals surface area contributed by atoms with Gasteiger partial charge < -0.3 is 15.4 Å². The third kappa shape index (κ3) is 5.18. The number of nitrogens with one attached hydrogen (secondary N) is 2. The second-order valence-electron chi connectivity index (χ2n) is 5.31. The van der Waals surface area contributed by atoms with Crippen molar-refractivity contribution in [2.24, 2.45) is 0 Å². The van der Waals surface area contributed by atoms with Crippen LogP contribution in [0, 0.1) is 0 Å². The van der Waals surface area contributed by atoms with Crippen molar-refractivity contribution in [2.45, 2.75) is 0 Å². The fourth-order valence-electron chi connectivity index (χ4n) is 2.18. The van der Waals surface area contributed by atoms with Crippen molar-refractivity contribution >= 4 is 50.5 Å². The van der Waals surface area contributed by atoms with Gasteiger partial charge in [-0.05, 0) is 47.8 Å². The van der Waals surface area contributed by atoms with Crippen LogP contribution in [0.5, 0.6) is 5.75 Å². The molecule has 5 nitrogen and oxygen atoms in total. The van der Waals surface area contributed by atoms with Gasteiger partial charge in [0.05, 0.1) is 4.88 Å². The smallest absolute Gasteiger partial charge is 0.265 e. The number of hydrogen-bond acceptors (Lipinski definition) is 4. The molecule has 3 rings (SSSR count). The molecule has 0 aliphatic rings. The van der Waals surface area contributed by atoms with E-state index in [0.29, 0.717) is 22.0 Å². The highest BCUT2D eigenvalue weighted by Gasteiger charge is 2.08. The van der Waals surface area contributed by atoms with Crippen molar-refractivity contribution in [3.05, 3.63) is 75.4 Å². The number of amides is 2. The van der Waals surface area contributed by atoms with Crippen LogP contribution in [0.2, 0.25) is 0 Å². The Morgan fingerprint density at radius 2 is 1.73 bits per heavy atom. The summed E-state index contributed by atoms with van der Waals surface area (Å²) in [5.41, 5.74) is 1.19. The first kappa shape index (κ1) is 18.2. The Kier molecular flexibility index (Phi) is 6.04. The van der Waals surface area contributed by atoms with Crippen LogP contribution < -0.4 is 15.4 Å². The minimum Gasteiger partial charge on any atom is -0.484 e. The van der Waals surface area contributed by atoms with E-state index in [0.717, 1.165) is 4.47 Å². The van der Waals surface area contributed by atoms with E-state index in [9.17, 15) is 9.59 Å². The van der Waals surface area contributed by atoms with Crippen molar-refractivity contribution in [3.63, 3.8) is 0 Å². The van der Waals surface area contributed by atoms with Crippen molar-refractivity contribution in [2.75, 3.05) is 17.2 Å². The highest BCUT2D eigenvalue weighted by Crippen LogP contribution is 2.19. The summed E-state index contributed by atoms with van der Waals surface area (Å²) in [7, 11) is 0. The van der Waals surface area contributed by atoms with Gasteiger partial charge in [0, 0.05) is 15.8 Å². The molecule has 0 radical (unpaired) electrons. The highest BCUT2D eigenvalue weighted by atomic mass is 79.9. The summed E-state index contributed by atoms with van der Waals surface area (Å²) in [4.78, 5) is 24.8. The predicted molar refractivity (Wildman–Crippen MR) is 107 cm³/mol. The molecule has 0 unspecified atom stereocenters. The molecule has 1 aromatic heterocycles. The molecule has 0 saturated carbocycles. The Bertz CT molecular complexity index is 913. The van der Waals surface area contributed by atoms with E-state index in [2.05, 4.69) is 26.6 Å². The molecule has 2 amide bonds. The van der Waals surface area contributed by atoms with Gasteiger partial charge in [-0.2, -0.15) is 0 Å². The fraction of sp³-hybridized carbons (Fsp3) is 0.0526. The molecular formula is C19H15BrN2O3S. The molecule has 3 aromatic rings. The van der Waals surface area contributed by atoms with Crippen LogP contribution >= 0.6 is 27.3 Å². The first-order valence-electron chi connectivity index (χ1n) is 7.73. The van der Waals surface area contributed by atoms with Gasteiger partial charge in [0.1, 0.15) is 5.75 Å². The second kappa shape index (κ2) is 8.64. The van der Waals surface area contributed by atoms with E-state index in [4.69, 9.17) is 4.74 Å². The number of halogens is 1. The maximum absolute atomic E-state index is 12.1. The molecule has 0 aliphatic heterocycles. The quantitative estimate of drug-likeness (QED) is 0.590. The Hall–Kier alpha value is -2.64. The van der Waals surface area contributed by atoms with E-state index >= 15 is 0 Å². The summed E-state index contributed by atoms with van der Waals surface area (Å²) in [5, 5.41) is 7.40. The molecule has 0 spiro atoms. The first-order chi connectivity index (χ1) is 12.6. The lowest BCUT2D eigenvalue weighted by molar-refractivity contribution is -0.118. The molecule has 2 N–H and O–H groups in total. The number of carbonyl (C=O) groups is 2. The Morgan fingerprint density at radius 3 is 2.46 bits per heavy atom. The predicted octanol–water partition coefficient (Wildman–Crippen LogP) is 4.78. The van der Waals surface area contributed by atoms with Crippen LogP contribution in [0.1, 0.15) is 9.67 Å². The molecule has 2 aromatic carbocycles. The molecule has 132 valence electrons. The van der Waals surface area contributed by atoms with Gasteiger partial charge in [0.2, 0.25) is 0 Å². The van der Waals surface area contributed by atoms with Crippen LogP contribution in [-0.4, -0.2) is 18.4 Å². The van der Waals surface area contributed by atoms with Crippen molar-refractivity contribution in [1.82, 2.24) is 0 Å². The third-order valence-corrected chi connectivity index (χ3v) is 4.68. The van der Waals surface area contributed by atoms with Gasteiger partial charge in [0.15, 0.2) is 6.61 Å². The van der Waals surface area contributed by atoms with Crippen LogP contribution in [0.4, 0.5) is 11.4 Å². The summed E-state index contributed by atoms with van der Waals surface area (Å²) in [6, 6.07) is 17.8. The zero-order chi connectivity index (χ0) is 18.4. The molecule has 0 fully saturated rings. The van der Waals surface area contributed by atoms with Crippen LogP contribution in [0.25, 0.3) is 0 Å². The number of carbonyl (C=O) groups excluding carboxylic acids is 2. The summed E-state index contributed by atoms with van der Waals surface area (Å²) in [6.45, 7) is -0.109. The largest absolute Gasteiger partial charge is 0.484 e. The van der Waals surface area contributed by atoms with E-state index in [1.807, 2.05) is 23.6 Å². The average molecular weight is 431 g/mol. The van der Waals surface area contributed by atoms with Gasteiger partial charge in [-0.1, -0.05) is 34.1 Å². The monoisotopic (exact) mass is 430 g/mol. The van der Waals surface area contributed by atoms with Gasteiger partial charge >= 0.3 is 0 Å². The van der Waals surface area contributed by atoms with Crippen LogP contribution in [0.3, 0.4) is 0 Å². The number of rotatable bonds is 6. The number of benzene rings is 2. The van der Waals surface area contributed by atoms with E-state index in [1.165, 1.54) is 11.3 Å². The minimum absolute atomic E-state index is 0.109. The third-order valence-electron chi connectivity index (χ3n) is 3.32. The topological polar surface area (TPSA) is 67.4 Å².